The van der Waals surface area contributed by atoms with Gasteiger partial charge in [0.1, 0.15) is 0 Å². The van der Waals surface area contributed by atoms with Crippen LogP contribution in [0.3, 0.4) is 0 Å². The van der Waals surface area contributed by atoms with Crippen LogP contribution in [0.2, 0.25) is 10.0 Å². The van der Waals surface area contributed by atoms with Gasteiger partial charge >= 0.3 is 0 Å². The second-order valence-electron chi connectivity index (χ2n) is 2.97. The molecule has 0 saturated heterocycles. The quantitative estimate of drug-likeness (QED) is 0.730. The van der Waals surface area contributed by atoms with Crippen molar-refractivity contribution in [2.75, 3.05) is 13.6 Å². The summed E-state index contributed by atoms with van der Waals surface area (Å²) in [6, 6.07) is 4.91. The maximum atomic E-state index is 11.8. The Hall–Kier alpha value is -1.17. The Morgan fingerprint density at radius 3 is 2.80 bits per heavy atom. The van der Waals surface area contributed by atoms with Gasteiger partial charge < -0.3 is 4.90 Å². The van der Waals surface area contributed by atoms with Gasteiger partial charge in [-0.25, -0.2) is 0 Å². The molecule has 0 heterocycles. The average molecular weight is 242 g/mol. The maximum Gasteiger partial charge on any atom is 0.255 e. The molecule has 15 heavy (non-hydrogen) atoms. The van der Waals surface area contributed by atoms with Gasteiger partial charge in [0, 0.05) is 7.05 Å². The van der Waals surface area contributed by atoms with Crippen LogP contribution in [0.4, 0.5) is 0 Å². The van der Waals surface area contributed by atoms with Crippen molar-refractivity contribution < 1.29 is 4.79 Å². The number of amides is 1. The molecule has 0 aromatic heterocycles. The molecule has 0 aliphatic heterocycles. The predicted octanol–water partition coefficient (Wildman–Crippen LogP) is 2.70. The third-order valence-electron chi connectivity index (χ3n) is 1.86. The molecule has 1 amide bonds. The minimum Gasteiger partial charge on any atom is -0.331 e. The summed E-state index contributed by atoms with van der Waals surface area (Å²) < 4.78 is 0. The number of benzene rings is 1. The van der Waals surface area contributed by atoms with E-state index < -0.39 is 0 Å². The summed E-state index contributed by atoms with van der Waals surface area (Å²) in [6.07, 6.45) is 5.11. The van der Waals surface area contributed by atoms with E-state index in [1.165, 1.54) is 4.90 Å². The van der Waals surface area contributed by atoms with E-state index in [0.717, 1.165) is 0 Å². The number of hydrogen-bond donors (Lipinski definition) is 0. The first-order valence-corrected chi connectivity index (χ1v) is 4.96. The molecule has 0 N–H and O–H groups in total. The molecule has 1 aromatic rings. The second-order valence-corrected chi connectivity index (χ2v) is 3.75. The average Bonchev–Trinajstić information content (AvgIpc) is 2.21. The highest BCUT2D eigenvalue weighted by Gasteiger charge is 2.15. The minimum atomic E-state index is -0.236. The number of rotatable bonds is 2. The molecule has 0 aliphatic rings. The van der Waals surface area contributed by atoms with Crippen molar-refractivity contribution in [3.8, 4) is 12.3 Å². The molecule has 1 aromatic carbocycles. The Kier molecular flexibility index (Phi) is 4.02. The molecule has 0 spiro atoms. The lowest BCUT2D eigenvalue weighted by Crippen LogP contribution is -2.27. The van der Waals surface area contributed by atoms with E-state index in [4.69, 9.17) is 29.6 Å². The third kappa shape index (κ3) is 2.65. The fraction of sp³-hybridized carbons (Fsp3) is 0.182. The topological polar surface area (TPSA) is 20.3 Å². The van der Waals surface area contributed by atoms with Crippen LogP contribution in [-0.4, -0.2) is 24.4 Å². The molecule has 0 unspecified atom stereocenters. The lowest BCUT2D eigenvalue weighted by atomic mass is 10.2. The molecule has 1 rings (SSSR count). The zero-order chi connectivity index (χ0) is 11.4. The summed E-state index contributed by atoms with van der Waals surface area (Å²) in [4.78, 5) is 13.2. The standard InChI is InChI=1S/C11H9Cl2NO/c1-3-7-14(2)11(15)8-5-4-6-9(12)10(8)13/h1,4-6H,7H2,2H3. The van der Waals surface area contributed by atoms with Crippen LogP contribution in [0, 0.1) is 12.3 Å². The number of carbonyl (C=O) groups excluding carboxylic acids is 1. The Labute approximate surface area is 98.8 Å². The normalized spacial score (nSPS) is 9.47. The van der Waals surface area contributed by atoms with Crippen LogP contribution in [0.25, 0.3) is 0 Å². The van der Waals surface area contributed by atoms with Crippen molar-refractivity contribution >= 4 is 29.1 Å². The van der Waals surface area contributed by atoms with Gasteiger partial charge in [-0.3, -0.25) is 4.79 Å². The first-order chi connectivity index (χ1) is 7.07. The van der Waals surface area contributed by atoms with Gasteiger partial charge in [-0.2, -0.15) is 0 Å². The molecule has 2 nitrogen and oxygen atoms in total. The maximum absolute atomic E-state index is 11.8. The van der Waals surface area contributed by atoms with E-state index in [2.05, 4.69) is 5.92 Å². The van der Waals surface area contributed by atoms with Crippen LogP contribution in [-0.2, 0) is 0 Å². The van der Waals surface area contributed by atoms with Gasteiger partial charge in [-0.05, 0) is 12.1 Å². The number of nitrogens with zero attached hydrogens (tertiary/aromatic N) is 1. The van der Waals surface area contributed by atoms with Crippen LogP contribution in [0.5, 0.6) is 0 Å². The fourth-order valence-corrected chi connectivity index (χ4v) is 1.46. The molecule has 0 atom stereocenters. The summed E-state index contributed by atoms with van der Waals surface area (Å²) in [5.74, 6) is 2.15. The number of halogens is 2. The third-order valence-corrected chi connectivity index (χ3v) is 2.68. The van der Waals surface area contributed by atoms with Crippen molar-refractivity contribution in [2.24, 2.45) is 0 Å². The van der Waals surface area contributed by atoms with Gasteiger partial charge in [0.15, 0.2) is 0 Å². The van der Waals surface area contributed by atoms with E-state index >= 15 is 0 Å². The SMILES string of the molecule is C#CCN(C)C(=O)c1cccc(Cl)c1Cl. The molecule has 0 bridgehead atoms. The smallest absolute Gasteiger partial charge is 0.255 e. The molecule has 0 radical (unpaired) electrons. The van der Waals surface area contributed by atoms with Crippen LogP contribution in [0.15, 0.2) is 18.2 Å². The summed E-state index contributed by atoms with van der Waals surface area (Å²) in [6.45, 7) is 0.238. The molecular formula is C11H9Cl2NO. The van der Waals surface area contributed by atoms with E-state index in [0.29, 0.717) is 10.6 Å². The second kappa shape index (κ2) is 5.06. The van der Waals surface area contributed by atoms with Gasteiger partial charge in [0.2, 0.25) is 0 Å². The summed E-state index contributed by atoms with van der Waals surface area (Å²) in [7, 11) is 1.61. The summed E-state index contributed by atoms with van der Waals surface area (Å²) in [5, 5.41) is 0.615. The predicted molar refractivity (Wildman–Crippen MR) is 62.3 cm³/mol. The minimum absolute atomic E-state index is 0.236. The van der Waals surface area contributed by atoms with Crippen molar-refractivity contribution in [3.05, 3.63) is 33.8 Å². The van der Waals surface area contributed by atoms with Crippen molar-refractivity contribution in [1.29, 1.82) is 0 Å². The summed E-state index contributed by atoms with van der Waals surface area (Å²) in [5.41, 5.74) is 0.363. The molecule has 0 aliphatic carbocycles. The van der Waals surface area contributed by atoms with E-state index in [1.54, 1.807) is 25.2 Å². The Balaban J connectivity index is 3.02. The molecular weight excluding hydrogens is 233 g/mol. The fourth-order valence-electron chi connectivity index (χ4n) is 1.08. The largest absolute Gasteiger partial charge is 0.331 e. The first kappa shape index (κ1) is 11.9. The number of terminal acetylenes is 1. The molecule has 0 fully saturated rings. The highest BCUT2D eigenvalue weighted by atomic mass is 35.5. The van der Waals surface area contributed by atoms with Gasteiger partial charge in [-0.1, -0.05) is 35.2 Å². The molecule has 0 saturated carbocycles. The Morgan fingerprint density at radius 2 is 2.20 bits per heavy atom. The van der Waals surface area contributed by atoms with Crippen LogP contribution in [0.1, 0.15) is 10.4 Å². The van der Waals surface area contributed by atoms with E-state index in [1.807, 2.05) is 0 Å². The lowest BCUT2D eigenvalue weighted by Gasteiger charge is -2.14. The van der Waals surface area contributed by atoms with Crippen LogP contribution < -0.4 is 0 Å². The highest BCUT2D eigenvalue weighted by Crippen LogP contribution is 2.26. The first-order valence-electron chi connectivity index (χ1n) is 4.21. The highest BCUT2D eigenvalue weighted by molar-refractivity contribution is 6.43. The van der Waals surface area contributed by atoms with Crippen molar-refractivity contribution in [2.45, 2.75) is 0 Å². The number of carbonyl (C=O) groups is 1. The lowest BCUT2D eigenvalue weighted by molar-refractivity contribution is 0.0813. The monoisotopic (exact) mass is 241 g/mol. The van der Waals surface area contributed by atoms with E-state index in [-0.39, 0.29) is 17.5 Å². The molecule has 78 valence electrons. The Bertz CT molecular complexity index is 423. The van der Waals surface area contributed by atoms with Gasteiger partial charge in [0.05, 0.1) is 22.2 Å². The van der Waals surface area contributed by atoms with Gasteiger partial charge in [0.25, 0.3) is 5.91 Å². The van der Waals surface area contributed by atoms with E-state index in [9.17, 15) is 4.79 Å². The molecule has 4 heteroatoms. The van der Waals surface area contributed by atoms with Crippen molar-refractivity contribution in [3.63, 3.8) is 0 Å². The summed E-state index contributed by atoms with van der Waals surface area (Å²) >= 11 is 11.7. The zero-order valence-electron chi connectivity index (χ0n) is 8.13. The zero-order valence-corrected chi connectivity index (χ0v) is 9.64. The van der Waals surface area contributed by atoms with Crippen molar-refractivity contribution in [1.82, 2.24) is 4.90 Å². The van der Waals surface area contributed by atoms with Gasteiger partial charge in [-0.15, -0.1) is 6.42 Å². The number of hydrogen-bond acceptors (Lipinski definition) is 1. The Morgan fingerprint density at radius 1 is 1.53 bits per heavy atom. The van der Waals surface area contributed by atoms with Crippen LogP contribution >= 0.6 is 23.2 Å².